The van der Waals surface area contributed by atoms with Crippen LogP contribution in [-0.4, -0.2) is 12.6 Å². The Bertz CT molecular complexity index is 169. The van der Waals surface area contributed by atoms with E-state index in [-0.39, 0.29) is 6.04 Å². The summed E-state index contributed by atoms with van der Waals surface area (Å²) in [5, 5.41) is 3.31. The Labute approximate surface area is 102 Å². The summed E-state index contributed by atoms with van der Waals surface area (Å²) in [6, 6.07) is 0.231. The van der Waals surface area contributed by atoms with E-state index < -0.39 is 0 Å². The van der Waals surface area contributed by atoms with Crippen LogP contribution in [0.15, 0.2) is 0 Å². The van der Waals surface area contributed by atoms with Crippen LogP contribution in [0.4, 0.5) is 0 Å². The molecule has 0 fully saturated rings. The summed E-state index contributed by atoms with van der Waals surface area (Å²) >= 11 is 0. The molecular formula is C15H29N. The molecule has 94 valence electrons. The van der Waals surface area contributed by atoms with Gasteiger partial charge in [0, 0.05) is 0 Å². The van der Waals surface area contributed by atoms with Crippen LogP contribution in [0.3, 0.4) is 0 Å². The molecule has 1 atom stereocenters. The van der Waals surface area contributed by atoms with Crippen LogP contribution in [0.1, 0.15) is 71.6 Å². The van der Waals surface area contributed by atoms with Crippen molar-refractivity contribution in [3.8, 4) is 12.3 Å². The lowest BCUT2D eigenvalue weighted by Crippen LogP contribution is -2.25. The van der Waals surface area contributed by atoms with Gasteiger partial charge in [0.05, 0.1) is 6.04 Å². The molecule has 0 aliphatic carbocycles. The summed E-state index contributed by atoms with van der Waals surface area (Å²) in [4.78, 5) is 0. The second-order valence-electron chi connectivity index (χ2n) is 4.67. The molecule has 0 aliphatic heterocycles. The van der Waals surface area contributed by atoms with Gasteiger partial charge in [0.25, 0.3) is 0 Å². The highest BCUT2D eigenvalue weighted by molar-refractivity contribution is 4.95. The predicted octanol–water partition coefficient (Wildman–Crippen LogP) is 4.13. The third kappa shape index (κ3) is 11.6. The Balaban J connectivity index is 2.96. The van der Waals surface area contributed by atoms with Crippen molar-refractivity contribution in [2.45, 2.75) is 77.7 Å². The van der Waals surface area contributed by atoms with Crippen LogP contribution in [0.5, 0.6) is 0 Å². The fourth-order valence-corrected chi connectivity index (χ4v) is 1.81. The highest BCUT2D eigenvalue weighted by Crippen LogP contribution is 2.09. The van der Waals surface area contributed by atoms with Crippen LogP contribution in [0, 0.1) is 12.3 Å². The smallest absolute Gasteiger partial charge is 0.0658 e. The molecule has 1 heteroatoms. The lowest BCUT2D eigenvalue weighted by atomic mass is 10.1. The molecule has 0 bridgehead atoms. The van der Waals surface area contributed by atoms with Gasteiger partial charge in [-0.15, -0.1) is 6.42 Å². The standard InChI is InChI=1S/C15H29N/c1-4-6-7-8-9-10-11-12-13-14-16-15(3)5-2/h2,15-16H,4,6-14H2,1,3H3. The third-order valence-electron chi connectivity index (χ3n) is 2.98. The van der Waals surface area contributed by atoms with Crippen molar-refractivity contribution < 1.29 is 0 Å². The fourth-order valence-electron chi connectivity index (χ4n) is 1.81. The topological polar surface area (TPSA) is 12.0 Å². The molecule has 0 saturated heterocycles. The number of hydrogen-bond acceptors (Lipinski definition) is 1. The van der Waals surface area contributed by atoms with Crippen molar-refractivity contribution in [2.75, 3.05) is 6.54 Å². The molecule has 16 heavy (non-hydrogen) atoms. The van der Waals surface area contributed by atoms with Gasteiger partial charge in [-0.25, -0.2) is 0 Å². The first-order chi connectivity index (χ1) is 7.81. The largest absolute Gasteiger partial charge is 0.304 e. The number of hydrogen-bond donors (Lipinski definition) is 1. The fraction of sp³-hybridized carbons (Fsp3) is 0.867. The molecule has 0 rings (SSSR count). The number of nitrogens with one attached hydrogen (secondary N) is 1. The Hall–Kier alpha value is -0.480. The molecule has 0 heterocycles. The predicted molar refractivity (Wildman–Crippen MR) is 73.5 cm³/mol. The highest BCUT2D eigenvalue weighted by Gasteiger charge is 1.94. The maximum absolute atomic E-state index is 5.28. The third-order valence-corrected chi connectivity index (χ3v) is 2.98. The molecule has 0 aromatic rings. The minimum atomic E-state index is 0.231. The quantitative estimate of drug-likeness (QED) is 0.410. The van der Waals surface area contributed by atoms with Gasteiger partial charge < -0.3 is 5.32 Å². The van der Waals surface area contributed by atoms with Crippen molar-refractivity contribution in [3.63, 3.8) is 0 Å². The zero-order valence-corrected chi connectivity index (χ0v) is 11.2. The number of terminal acetylenes is 1. The van der Waals surface area contributed by atoms with Gasteiger partial charge in [-0.1, -0.05) is 64.2 Å². The average molecular weight is 223 g/mol. The summed E-state index contributed by atoms with van der Waals surface area (Å²) in [7, 11) is 0. The molecule has 0 aliphatic rings. The zero-order chi connectivity index (χ0) is 12.1. The first-order valence-electron chi connectivity index (χ1n) is 7.00. The van der Waals surface area contributed by atoms with Gasteiger partial charge >= 0.3 is 0 Å². The lowest BCUT2D eigenvalue weighted by Gasteiger charge is -2.06. The van der Waals surface area contributed by atoms with Crippen molar-refractivity contribution in [1.82, 2.24) is 5.32 Å². The molecule has 0 amide bonds. The molecule has 0 saturated carbocycles. The van der Waals surface area contributed by atoms with Crippen molar-refractivity contribution in [1.29, 1.82) is 0 Å². The van der Waals surface area contributed by atoms with Crippen LogP contribution in [0.2, 0.25) is 0 Å². The Morgan fingerprint density at radius 3 is 1.94 bits per heavy atom. The SMILES string of the molecule is C#CC(C)NCCCCCCCCCCC. The van der Waals surface area contributed by atoms with Crippen molar-refractivity contribution >= 4 is 0 Å². The van der Waals surface area contributed by atoms with Crippen molar-refractivity contribution in [2.24, 2.45) is 0 Å². The van der Waals surface area contributed by atoms with Gasteiger partial charge in [0.15, 0.2) is 0 Å². The van der Waals surface area contributed by atoms with Crippen molar-refractivity contribution in [3.05, 3.63) is 0 Å². The molecule has 0 radical (unpaired) electrons. The van der Waals surface area contributed by atoms with E-state index in [1.54, 1.807) is 0 Å². The minimum absolute atomic E-state index is 0.231. The van der Waals surface area contributed by atoms with E-state index in [9.17, 15) is 0 Å². The lowest BCUT2D eigenvalue weighted by molar-refractivity contribution is 0.542. The molecule has 1 nitrogen and oxygen atoms in total. The van der Waals surface area contributed by atoms with Crippen LogP contribution >= 0.6 is 0 Å². The van der Waals surface area contributed by atoms with Gasteiger partial charge in [-0.3, -0.25) is 0 Å². The summed E-state index contributed by atoms with van der Waals surface area (Å²) in [6.07, 6.45) is 17.7. The van der Waals surface area contributed by atoms with E-state index in [4.69, 9.17) is 6.42 Å². The van der Waals surface area contributed by atoms with E-state index >= 15 is 0 Å². The van der Waals surface area contributed by atoms with Gasteiger partial charge in [0.2, 0.25) is 0 Å². The van der Waals surface area contributed by atoms with E-state index in [2.05, 4.69) is 18.2 Å². The highest BCUT2D eigenvalue weighted by atomic mass is 14.9. The maximum Gasteiger partial charge on any atom is 0.0658 e. The second kappa shape index (κ2) is 12.6. The first-order valence-corrected chi connectivity index (χ1v) is 7.00. The van der Waals surface area contributed by atoms with E-state index in [0.717, 1.165) is 6.54 Å². The monoisotopic (exact) mass is 223 g/mol. The van der Waals surface area contributed by atoms with Crippen LogP contribution in [0.25, 0.3) is 0 Å². The number of rotatable bonds is 11. The van der Waals surface area contributed by atoms with E-state index in [1.165, 1.54) is 57.8 Å². The average Bonchev–Trinajstić information content (AvgIpc) is 2.31. The van der Waals surface area contributed by atoms with E-state index in [0.29, 0.717) is 0 Å². The van der Waals surface area contributed by atoms with E-state index in [1.807, 2.05) is 6.92 Å². The minimum Gasteiger partial charge on any atom is -0.304 e. The summed E-state index contributed by atoms with van der Waals surface area (Å²) < 4.78 is 0. The molecule has 0 aromatic carbocycles. The van der Waals surface area contributed by atoms with Gasteiger partial charge in [-0.2, -0.15) is 0 Å². The maximum atomic E-state index is 5.28. The summed E-state index contributed by atoms with van der Waals surface area (Å²) in [6.45, 7) is 5.37. The molecule has 0 spiro atoms. The van der Waals surface area contributed by atoms with Gasteiger partial charge in [-0.05, 0) is 19.9 Å². The Morgan fingerprint density at radius 2 is 1.44 bits per heavy atom. The Kier molecular flexibility index (Phi) is 12.2. The van der Waals surface area contributed by atoms with Gasteiger partial charge in [0.1, 0.15) is 0 Å². The molecule has 1 unspecified atom stereocenters. The Morgan fingerprint density at radius 1 is 0.938 bits per heavy atom. The van der Waals surface area contributed by atoms with Crippen LogP contribution in [-0.2, 0) is 0 Å². The normalized spacial score (nSPS) is 12.3. The molecule has 0 aromatic heterocycles. The van der Waals surface area contributed by atoms with Crippen LogP contribution < -0.4 is 5.32 Å². The summed E-state index contributed by atoms with van der Waals surface area (Å²) in [5.41, 5.74) is 0. The number of unbranched alkanes of at least 4 members (excludes halogenated alkanes) is 8. The molecular weight excluding hydrogens is 194 g/mol. The first kappa shape index (κ1) is 15.5. The molecule has 1 N–H and O–H groups in total. The second-order valence-corrected chi connectivity index (χ2v) is 4.67. The summed E-state index contributed by atoms with van der Waals surface area (Å²) in [5.74, 6) is 2.68. The zero-order valence-electron chi connectivity index (χ0n) is 11.2.